The highest BCUT2D eigenvalue weighted by Gasteiger charge is 2.31. The number of aromatic hydroxyl groups is 1. The summed E-state index contributed by atoms with van der Waals surface area (Å²) < 4.78 is 16.4. The summed E-state index contributed by atoms with van der Waals surface area (Å²) in [7, 11) is 1.40. The third-order valence-electron chi connectivity index (χ3n) is 4.54. The number of carbonyl (C=O) groups excluding carboxylic acids is 1. The number of hydrogen-bond acceptors (Lipinski definition) is 6. The van der Waals surface area contributed by atoms with Gasteiger partial charge in [-0.3, -0.25) is 9.59 Å². The van der Waals surface area contributed by atoms with Gasteiger partial charge in [0.2, 0.25) is 5.78 Å². The Kier molecular flexibility index (Phi) is 4.24. The highest BCUT2D eigenvalue weighted by molar-refractivity contribution is 6.31. The van der Waals surface area contributed by atoms with E-state index in [1.165, 1.54) is 31.6 Å². The van der Waals surface area contributed by atoms with Crippen LogP contribution in [0.5, 0.6) is 11.5 Å². The molecule has 0 amide bonds. The summed E-state index contributed by atoms with van der Waals surface area (Å²) in [4.78, 5) is 25.2. The maximum Gasteiger partial charge on any atom is 0.231 e. The molecule has 4 rings (SSSR count). The molecule has 6 heteroatoms. The van der Waals surface area contributed by atoms with Crippen LogP contribution in [0.3, 0.4) is 0 Å². The third kappa shape index (κ3) is 2.66. The first-order valence-electron chi connectivity index (χ1n) is 8.56. The molecule has 0 unspecified atom stereocenters. The molecule has 3 aromatic rings. The number of phenols is 1. The standard InChI is InChI=1S/C22H16O6/c1-3-15-21(24)13(11-27-15)19-17(26-2)10-18-20(22(19)25)14(23)9-16(28-18)12-7-5-4-6-8-12/h3-11,25H,1-2H3. The number of benzene rings is 2. The van der Waals surface area contributed by atoms with Gasteiger partial charge in [-0.05, 0) is 13.0 Å². The van der Waals surface area contributed by atoms with E-state index in [0.717, 1.165) is 5.56 Å². The smallest absolute Gasteiger partial charge is 0.231 e. The molecule has 0 radical (unpaired) electrons. The maximum atomic E-state index is 12.8. The zero-order valence-electron chi connectivity index (χ0n) is 15.2. The monoisotopic (exact) mass is 376 g/mol. The minimum absolute atomic E-state index is 0.0295. The highest BCUT2D eigenvalue weighted by atomic mass is 16.5. The Labute approximate surface area is 159 Å². The molecular formula is C22H16O6. The normalized spacial score (nSPS) is 15.0. The van der Waals surface area contributed by atoms with Gasteiger partial charge in [-0.25, -0.2) is 0 Å². The van der Waals surface area contributed by atoms with Crippen molar-refractivity contribution in [3.8, 4) is 22.8 Å². The lowest BCUT2D eigenvalue weighted by atomic mass is 9.98. The van der Waals surface area contributed by atoms with Crippen molar-refractivity contribution in [1.29, 1.82) is 0 Å². The number of rotatable bonds is 3. The van der Waals surface area contributed by atoms with Crippen molar-refractivity contribution in [2.75, 3.05) is 7.11 Å². The number of phenolic OH excluding ortho intramolecular Hbond substituents is 1. The van der Waals surface area contributed by atoms with Crippen LogP contribution in [0.4, 0.5) is 0 Å². The molecule has 1 aliphatic rings. The van der Waals surface area contributed by atoms with Crippen LogP contribution in [0.1, 0.15) is 12.5 Å². The second-order valence-electron chi connectivity index (χ2n) is 6.15. The molecule has 28 heavy (non-hydrogen) atoms. The van der Waals surface area contributed by atoms with Crippen LogP contribution in [-0.4, -0.2) is 18.0 Å². The van der Waals surface area contributed by atoms with E-state index in [1.807, 2.05) is 30.3 Å². The first kappa shape index (κ1) is 17.6. The fraction of sp³-hybridized carbons (Fsp3) is 0.0909. The average molecular weight is 376 g/mol. The van der Waals surface area contributed by atoms with Crippen LogP contribution in [0.25, 0.3) is 27.9 Å². The van der Waals surface area contributed by atoms with Gasteiger partial charge in [0.15, 0.2) is 11.2 Å². The second kappa shape index (κ2) is 6.74. The van der Waals surface area contributed by atoms with Crippen LogP contribution < -0.4 is 10.2 Å². The van der Waals surface area contributed by atoms with Crippen molar-refractivity contribution >= 4 is 22.3 Å². The number of ketones is 1. The minimum Gasteiger partial charge on any atom is -0.506 e. The molecule has 0 saturated carbocycles. The molecule has 1 N–H and O–H groups in total. The van der Waals surface area contributed by atoms with E-state index >= 15 is 0 Å². The second-order valence-corrected chi connectivity index (χ2v) is 6.15. The van der Waals surface area contributed by atoms with Gasteiger partial charge in [-0.15, -0.1) is 0 Å². The fourth-order valence-electron chi connectivity index (χ4n) is 3.18. The van der Waals surface area contributed by atoms with Crippen LogP contribution >= 0.6 is 0 Å². The largest absolute Gasteiger partial charge is 0.506 e. The van der Waals surface area contributed by atoms with Crippen molar-refractivity contribution in [3.05, 3.63) is 76.3 Å². The highest BCUT2D eigenvalue weighted by Crippen LogP contribution is 2.42. The lowest BCUT2D eigenvalue weighted by Gasteiger charge is -2.13. The SMILES string of the molecule is CC=C1OC=C(c2c(OC)cc3oc(-c4ccccc4)cc(=O)c3c2O)C1=O. The number of allylic oxidation sites excluding steroid dienone is 2. The van der Waals surface area contributed by atoms with Gasteiger partial charge < -0.3 is 19.0 Å². The zero-order chi connectivity index (χ0) is 19.8. The maximum absolute atomic E-state index is 12.8. The summed E-state index contributed by atoms with van der Waals surface area (Å²) >= 11 is 0. The number of carbonyl (C=O) groups is 1. The lowest BCUT2D eigenvalue weighted by Crippen LogP contribution is -2.06. The van der Waals surface area contributed by atoms with Crippen LogP contribution in [0.2, 0.25) is 0 Å². The van der Waals surface area contributed by atoms with Gasteiger partial charge in [-0.2, -0.15) is 0 Å². The number of Topliss-reactive ketones (excluding diaryl/α,β-unsaturated/α-hetero) is 1. The van der Waals surface area contributed by atoms with Gasteiger partial charge in [0.25, 0.3) is 0 Å². The van der Waals surface area contributed by atoms with Crippen molar-refractivity contribution in [2.45, 2.75) is 6.92 Å². The summed E-state index contributed by atoms with van der Waals surface area (Å²) in [6, 6.07) is 11.9. The molecule has 0 aliphatic carbocycles. The van der Waals surface area contributed by atoms with Crippen molar-refractivity contribution in [1.82, 2.24) is 0 Å². The predicted molar refractivity (Wildman–Crippen MR) is 104 cm³/mol. The first-order chi connectivity index (χ1) is 13.5. The molecule has 140 valence electrons. The van der Waals surface area contributed by atoms with E-state index in [2.05, 4.69) is 0 Å². The first-order valence-corrected chi connectivity index (χ1v) is 8.56. The molecule has 2 heterocycles. The molecular weight excluding hydrogens is 360 g/mol. The Morgan fingerprint density at radius 2 is 1.86 bits per heavy atom. The molecule has 0 atom stereocenters. The minimum atomic E-state index is -0.431. The quantitative estimate of drug-likeness (QED) is 0.695. The average Bonchev–Trinajstić information content (AvgIpc) is 3.08. The van der Waals surface area contributed by atoms with E-state index in [9.17, 15) is 14.7 Å². The van der Waals surface area contributed by atoms with Crippen LogP contribution in [0, 0.1) is 0 Å². The number of hydrogen-bond donors (Lipinski definition) is 1. The Hall–Kier alpha value is -3.80. The molecule has 0 fully saturated rings. The van der Waals surface area contributed by atoms with Crippen molar-refractivity contribution in [2.24, 2.45) is 0 Å². The van der Waals surface area contributed by atoms with Gasteiger partial charge in [0.05, 0.1) is 18.2 Å². The third-order valence-corrected chi connectivity index (χ3v) is 4.54. The van der Waals surface area contributed by atoms with E-state index < -0.39 is 11.2 Å². The summed E-state index contributed by atoms with van der Waals surface area (Å²) in [5.41, 5.74) is 0.652. The van der Waals surface area contributed by atoms with Crippen molar-refractivity contribution in [3.63, 3.8) is 0 Å². The van der Waals surface area contributed by atoms with E-state index in [0.29, 0.717) is 5.76 Å². The van der Waals surface area contributed by atoms with Gasteiger partial charge >= 0.3 is 0 Å². The van der Waals surface area contributed by atoms with Gasteiger partial charge in [0.1, 0.15) is 34.5 Å². The molecule has 6 nitrogen and oxygen atoms in total. The zero-order valence-corrected chi connectivity index (χ0v) is 15.2. The molecule has 2 aromatic carbocycles. The van der Waals surface area contributed by atoms with Gasteiger partial charge in [0, 0.05) is 17.7 Å². The number of ether oxygens (including phenoxy) is 2. The molecule has 0 saturated heterocycles. The van der Waals surface area contributed by atoms with Crippen LogP contribution in [-0.2, 0) is 9.53 Å². The van der Waals surface area contributed by atoms with E-state index in [1.54, 1.807) is 6.92 Å². The van der Waals surface area contributed by atoms with E-state index in [4.69, 9.17) is 13.9 Å². The summed E-state index contributed by atoms with van der Waals surface area (Å²) in [6.07, 6.45) is 2.76. The Morgan fingerprint density at radius 1 is 1.11 bits per heavy atom. The van der Waals surface area contributed by atoms with E-state index in [-0.39, 0.29) is 39.4 Å². The Balaban J connectivity index is 1.98. The molecule has 0 bridgehead atoms. The molecule has 1 aromatic heterocycles. The predicted octanol–water partition coefficient (Wildman–Crippen LogP) is 4.02. The Bertz CT molecular complexity index is 1220. The lowest BCUT2D eigenvalue weighted by molar-refractivity contribution is -0.111. The number of fused-ring (bicyclic) bond motifs is 1. The summed E-state index contributed by atoms with van der Waals surface area (Å²) in [5, 5.41) is 10.8. The molecule has 1 aliphatic heterocycles. The Morgan fingerprint density at radius 3 is 2.50 bits per heavy atom. The van der Waals surface area contributed by atoms with Gasteiger partial charge in [-0.1, -0.05) is 30.3 Å². The summed E-state index contributed by atoms with van der Waals surface area (Å²) in [6.45, 7) is 1.67. The summed E-state index contributed by atoms with van der Waals surface area (Å²) in [5.74, 6) is -0.0890. The topological polar surface area (TPSA) is 86.0 Å². The number of methoxy groups -OCH3 is 1. The fourth-order valence-corrected chi connectivity index (χ4v) is 3.18. The van der Waals surface area contributed by atoms with Crippen molar-refractivity contribution < 1.29 is 23.8 Å². The van der Waals surface area contributed by atoms with Crippen LogP contribution in [0.15, 0.2) is 69.8 Å². The molecule has 0 spiro atoms.